The summed E-state index contributed by atoms with van der Waals surface area (Å²) in [6.07, 6.45) is 1.15. The Hall–Kier alpha value is -3.41. The van der Waals surface area contributed by atoms with Gasteiger partial charge < -0.3 is 15.4 Å². The minimum Gasteiger partial charge on any atom is -0.494 e. The number of benzene rings is 2. The first-order chi connectivity index (χ1) is 15.7. The van der Waals surface area contributed by atoms with Crippen molar-refractivity contribution in [2.24, 2.45) is 5.41 Å². The van der Waals surface area contributed by atoms with E-state index < -0.39 is 5.92 Å². The first kappa shape index (κ1) is 22.8. The van der Waals surface area contributed by atoms with Crippen LogP contribution in [0.15, 0.2) is 71.1 Å². The van der Waals surface area contributed by atoms with E-state index >= 15 is 0 Å². The van der Waals surface area contributed by atoms with Crippen molar-refractivity contribution in [2.45, 2.75) is 46.5 Å². The maximum atomic E-state index is 13.5. The van der Waals surface area contributed by atoms with Crippen molar-refractivity contribution in [2.75, 3.05) is 11.9 Å². The predicted octanol–water partition coefficient (Wildman–Crippen LogP) is 5.47. The monoisotopic (exact) mass is 448 g/mol. The van der Waals surface area contributed by atoms with Crippen LogP contribution >= 0.6 is 0 Å². The molecule has 0 saturated carbocycles. The predicted molar refractivity (Wildman–Crippen MR) is 126 cm³/mol. The Morgan fingerprint density at radius 3 is 2.42 bits per heavy atom. The summed E-state index contributed by atoms with van der Waals surface area (Å²) in [6, 6.07) is 13.2. The second kappa shape index (κ2) is 8.85. The van der Waals surface area contributed by atoms with Gasteiger partial charge in [0, 0.05) is 40.6 Å². The first-order valence-electron chi connectivity index (χ1n) is 11.2. The summed E-state index contributed by atoms with van der Waals surface area (Å²) in [5, 5.41) is 6.22. The highest BCUT2D eigenvalue weighted by Crippen LogP contribution is 2.46. The molecule has 4 rings (SSSR count). The lowest BCUT2D eigenvalue weighted by Crippen LogP contribution is -2.39. The molecule has 2 aromatic carbocycles. The molecule has 1 aliphatic carbocycles. The largest absolute Gasteiger partial charge is 0.494 e. The molecule has 0 spiro atoms. The summed E-state index contributed by atoms with van der Waals surface area (Å²) >= 11 is 0. The lowest BCUT2D eigenvalue weighted by atomic mass is 9.68. The molecule has 0 radical (unpaired) electrons. The molecule has 0 fully saturated rings. The molecule has 5 nitrogen and oxygen atoms in total. The van der Waals surface area contributed by atoms with Gasteiger partial charge in [0.15, 0.2) is 5.78 Å². The third-order valence-corrected chi connectivity index (χ3v) is 6.11. The zero-order chi connectivity index (χ0) is 23.8. The van der Waals surface area contributed by atoms with Gasteiger partial charge in [-0.3, -0.25) is 9.59 Å². The van der Waals surface area contributed by atoms with Gasteiger partial charge in [-0.1, -0.05) is 26.0 Å². The number of ketones is 1. The number of dihydropyridines is 1. The first-order valence-corrected chi connectivity index (χ1v) is 11.2. The molecule has 6 heteroatoms. The van der Waals surface area contributed by atoms with Crippen molar-refractivity contribution >= 4 is 17.4 Å². The number of hydrogen-bond acceptors (Lipinski definition) is 4. The zero-order valence-electron chi connectivity index (χ0n) is 19.4. The summed E-state index contributed by atoms with van der Waals surface area (Å²) in [4.78, 5) is 26.8. The minimum atomic E-state index is -0.499. The summed E-state index contributed by atoms with van der Waals surface area (Å²) in [5.41, 5.74) is 3.90. The van der Waals surface area contributed by atoms with Gasteiger partial charge in [-0.25, -0.2) is 4.39 Å². The number of ether oxygens (including phenoxy) is 1. The highest BCUT2D eigenvalue weighted by atomic mass is 19.1. The van der Waals surface area contributed by atoms with Crippen molar-refractivity contribution in [1.82, 2.24) is 5.32 Å². The molecule has 1 heterocycles. The van der Waals surface area contributed by atoms with Crippen molar-refractivity contribution in [1.29, 1.82) is 0 Å². The summed E-state index contributed by atoms with van der Waals surface area (Å²) in [6.45, 7) is 8.50. The summed E-state index contributed by atoms with van der Waals surface area (Å²) < 4.78 is 18.9. The number of amides is 1. The number of rotatable bonds is 5. The van der Waals surface area contributed by atoms with E-state index in [4.69, 9.17) is 4.74 Å². The van der Waals surface area contributed by atoms with Gasteiger partial charge in [0.2, 0.25) is 0 Å². The van der Waals surface area contributed by atoms with Gasteiger partial charge in [-0.05, 0) is 67.6 Å². The summed E-state index contributed by atoms with van der Waals surface area (Å²) in [5.74, 6) is -0.415. The van der Waals surface area contributed by atoms with Crippen LogP contribution in [0.1, 0.15) is 52.0 Å². The average molecular weight is 449 g/mol. The fraction of sp³-hybridized carbons (Fsp3) is 0.333. The quantitative estimate of drug-likeness (QED) is 0.637. The van der Waals surface area contributed by atoms with Gasteiger partial charge in [-0.2, -0.15) is 0 Å². The SMILES string of the molecule is CCOc1ccc([C@H]2C(C(=O)Nc3ccc(F)cc3)=C(C)NC3=C2C(=O)CC(C)(C)C3)cc1. The highest BCUT2D eigenvalue weighted by molar-refractivity contribution is 6.09. The van der Waals surface area contributed by atoms with E-state index in [2.05, 4.69) is 24.5 Å². The van der Waals surface area contributed by atoms with Gasteiger partial charge in [0.1, 0.15) is 11.6 Å². The average Bonchev–Trinajstić information content (AvgIpc) is 2.74. The van der Waals surface area contributed by atoms with Crippen molar-refractivity contribution in [3.63, 3.8) is 0 Å². The molecule has 0 aromatic heterocycles. The van der Waals surface area contributed by atoms with Gasteiger partial charge in [0.05, 0.1) is 6.61 Å². The Morgan fingerprint density at radius 2 is 1.79 bits per heavy atom. The van der Waals surface area contributed by atoms with Crippen LogP contribution in [0, 0.1) is 11.2 Å². The van der Waals surface area contributed by atoms with Crippen molar-refractivity contribution in [3.05, 3.63) is 82.5 Å². The minimum absolute atomic E-state index is 0.0483. The fourth-order valence-corrected chi connectivity index (χ4v) is 4.73. The second-order valence-electron chi connectivity index (χ2n) is 9.39. The van der Waals surface area contributed by atoms with E-state index in [1.807, 2.05) is 38.1 Å². The molecule has 2 aromatic rings. The number of allylic oxidation sites excluding steroid dienone is 3. The van der Waals surface area contributed by atoms with Crippen molar-refractivity contribution in [3.8, 4) is 5.75 Å². The normalized spacial score (nSPS) is 19.7. The zero-order valence-corrected chi connectivity index (χ0v) is 19.4. The molecule has 0 unspecified atom stereocenters. The fourth-order valence-electron chi connectivity index (χ4n) is 4.73. The number of anilines is 1. The van der Waals surface area contributed by atoms with E-state index in [1.165, 1.54) is 24.3 Å². The number of Topliss-reactive ketones (excluding diaryl/α,β-unsaturated/α-hetero) is 1. The number of nitrogens with one attached hydrogen (secondary N) is 2. The van der Waals surface area contributed by atoms with Gasteiger partial charge >= 0.3 is 0 Å². The number of carbonyl (C=O) groups excluding carboxylic acids is 2. The second-order valence-corrected chi connectivity index (χ2v) is 9.39. The molecule has 172 valence electrons. The number of hydrogen-bond donors (Lipinski definition) is 2. The molecular formula is C27H29FN2O3. The van der Waals surface area contributed by atoms with E-state index in [0.717, 1.165) is 23.4 Å². The molecule has 2 N–H and O–H groups in total. The Labute approximate surface area is 193 Å². The Bertz CT molecular complexity index is 1140. The molecule has 33 heavy (non-hydrogen) atoms. The Morgan fingerprint density at radius 1 is 1.12 bits per heavy atom. The van der Waals surface area contributed by atoms with Crippen LogP contribution in [0.4, 0.5) is 10.1 Å². The number of carbonyl (C=O) groups is 2. The molecule has 1 atom stereocenters. The van der Waals surface area contributed by atoms with Gasteiger partial charge in [-0.15, -0.1) is 0 Å². The van der Waals surface area contributed by atoms with Crippen LogP contribution in [-0.4, -0.2) is 18.3 Å². The van der Waals surface area contributed by atoms with E-state index in [1.54, 1.807) is 0 Å². The van der Waals surface area contributed by atoms with E-state index in [0.29, 0.717) is 35.6 Å². The standard InChI is InChI=1S/C27H29FN2O3/c1-5-33-20-12-6-17(7-13-20)24-23(26(32)30-19-10-8-18(28)9-11-19)16(2)29-21-14-27(3,4)15-22(31)25(21)24/h6-13,24,29H,5,14-15H2,1-4H3,(H,30,32)/t24-/m0/s1. The van der Waals surface area contributed by atoms with Crippen LogP contribution < -0.4 is 15.4 Å². The Kier molecular flexibility index (Phi) is 6.11. The third kappa shape index (κ3) is 4.70. The van der Waals surface area contributed by atoms with E-state index in [9.17, 15) is 14.0 Å². The van der Waals surface area contributed by atoms with Crippen LogP contribution in [0.25, 0.3) is 0 Å². The number of halogens is 1. The lowest BCUT2D eigenvalue weighted by Gasteiger charge is -2.39. The summed E-state index contributed by atoms with van der Waals surface area (Å²) in [7, 11) is 0. The maximum Gasteiger partial charge on any atom is 0.254 e. The van der Waals surface area contributed by atoms with Gasteiger partial charge in [0.25, 0.3) is 5.91 Å². The van der Waals surface area contributed by atoms with Crippen LogP contribution in [-0.2, 0) is 9.59 Å². The molecule has 0 bridgehead atoms. The lowest BCUT2D eigenvalue weighted by molar-refractivity contribution is -0.118. The molecule has 2 aliphatic rings. The smallest absolute Gasteiger partial charge is 0.254 e. The van der Waals surface area contributed by atoms with Crippen LogP contribution in [0.5, 0.6) is 5.75 Å². The van der Waals surface area contributed by atoms with Crippen LogP contribution in [0.3, 0.4) is 0 Å². The molecule has 1 amide bonds. The molecule has 1 aliphatic heterocycles. The van der Waals surface area contributed by atoms with E-state index in [-0.39, 0.29) is 22.9 Å². The topological polar surface area (TPSA) is 67.4 Å². The molecule has 0 saturated heterocycles. The highest BCUT2D eigenvalue weighted by Gasteiger charge is 2.42. The maximum absolute atomic E-state index is 13.5. The third-order valence-electron chi connectivity index (χ3n) is 6.11. The Balaban J connectivity index is 1.77. The molecular weight excluding hydrogens is 419 g/mol. The van der Waals surface area contributed by atoms with Crippen LogP contribution in [0.2, 0.25) is 0 Å². The van der Waals surface area contributed by atoms with Crippen molar-refractivity contribution < 1.29 is 18.7 Å².